The van der Waals surface area contributed by atoms with Gasteiger partial charge in [-0.15, -0.1) is 0 Å². The summed E-state index contributed by atoms with van der Waals surface area (Å²) in [5.41, 5.74) is 1.37. The maximum absolute atomic E-state index is 4.34. The van der Waals surface area contributed by atoms with Crippen molar-refractivity contribution in [3.63, 3.8) is 0 Å². The molecule has 0 spiro atoms. The van der Waals surface area contributed by atoms with Gasteiger partial charge in [-0.2, -0.15) is 12.6 Å². The standard InChI is InChI=1S/C7H10S/c1-6-4-2-3-5-7(6)8/h2-4,7-8H,5H2,1H3. The fourth-order valence-electron chi connectivity index (χ4n) is 0.724. The first kappa shape index (κ1) is 5.96. The van der Waals surface area contributed by atoms with Gasteiger partial charge in [0.2, 0.25) is 0 Å². The average Bonchev–Trinajstić information content (AvgIpc) is 1.77. The normalized spacial score (nSPS) is 27.8. The van der Waals surface area contributed by atoms with Crippen LogP contribution < -0.4 is 0 Å². The van der Waals surface area contributed by atoms with Crippen molar-refractivity contribution >= 4 is 12.6 Å². The van der Waals surface area contributed by atoms with E-state index >= 15 is 0 Å². The predicted octanol–water partition coefficient (Wildman–Crippen LogP) is 2.19. The number of rotatable bonds is 0. The minimum atomic E-state index is 0.472. The van der Waals surface area contributed by atoms with Crippen LogP contribution >= 0.6 is 12.6 Å². The first-order valence-corrected chi connectivity index (χ1v) is 3.34. The van der Waals surface area contributed by atoms with Crippen molar-refractivity contribution in [2.75, 3.05) is 0 Å². The summed E-state index contributed by atoms with van der Waals surface area (Å²) in [6.45, 7) is 2.11. The summed E-state index contributed by atoms with van der Waals surface area (Å²) in [4.78, 5) is 0. The van der Waals surface area contributed by atoms with Crippen LogP contribution in [0.3, 0.4) is 0 Å². The molecule has 0 heterocycles. The molecule has 0 bridgehead atoms. The first-order valence-electron chi connectivity index (χ1n) is 2.82. The minimum Gasteiger partial charge on any atom is -0.171 e. The lowest BCUT2D eigenvalue weighted by Crippen LogP contribution is -2.00. The molecule has 0 nitrogen and oxygen atoms in total. The maximum Gasteiger partial charge on any atom is 0.0261 e. The highest BCUT2D eigenvalue weighted by Crippen LogP contribution is 2.16. The molecule has 1 heteroatoms. The van der Waals surface area contributed by atoms with E-state index in [-0.39, 0.29) is 0 Å². The second kappa shape index (κ2) is 2.40. The SMILES string of the molecule is CC1=CC=CCC1S. The smallest absolute Gasteiger partial charge is 0.0261 e. The van der Waals surface area contributed by atoms with Gasteiger partial charge in [-0.05, 0) is 13.3 Å². The van der Waals surface area contributed by atoms with Gasteiger partial charge in [-0.25, -0.2) is 0 Å². The molecule has 0 fully saturated rings. The van der Waals surface area contributed by atoms with Gasteiger partial charge in [0.05, 0.1) is 0 Å². The molecule has 1 atom stereocenters. The van der Waals surface area contributed by atoms with E-state index in [9.17, 15) is 0 Å². The maximum atomic E-state index is 4.34. The van der Waals surface area contributed by atoms with E-state index in [1.165, 1.54) is 5.57 Å². The third-order valence-corrected chi connectivity index (χ3v) is 2.00. The van der Waals surface area contributed by atoms with Crippen LogP contribution in [0, 0.1) is 0 Å². The molecule has 0 aromatic carbocycles. The Morgan fingerprint density at radius 1 is 1.75 bits per heavy atom. The van der Waals surface area contributed by atoms with Gasteiger partial charge in [0.15, 0.2) is 0 Å². The average molecular weight is 126 g/mol. The van der Waals surface area contributed by atoms with Gasteiger partial charge in [-0.1, -0.05) is 23.8 Å². The number of thiol groups is 1. The Morgan fingerprint density at radius 2 is 2.50 bits per heavy atom. The molecule has 1 unspecified atom stereocenters. The largest absolute Gasteiger partial charge is 0.171 e. The van der Waals surface area contributed by atoms with Crippen LogP contribution in [-0.2, 0) is 0 Å². The topological polar surface area (TPSA) is 0 Å². The first-order chi connectivity index (χ1) is 3.80. The molecule has 8 heavy (non-hydrogen) atoms. The van der Waals surface area contributed by atoms with E-state index in [4.69, 9.17) is 0 Å². The zero-order valence-corrected chi connectivity index (χ0v) is 5.86. The van der Waals surface area contributed by atoms with E-state index in [2.05, 4.69) is 37.8 Å². The summed E-state index contributed by atoms with van der Waals surface area (Å²) >= 11 is 4.34. The summed E-state index contributed by atoms with van der Waals surface area (Å²) in [5, 5.41) is 0.472. The molecule has 0 aliphatic heterocycles. The van der Waals surface area contributed by atoms with E-state index in [1.807, 2.05) is 0 Å². The summed E-state index contributed by atoms with van der Waals surface area (Å²) in [7, 11) is 0. The minimum absolute atomic E-state index is 0.472. The van der Waals surface area contributed by atoms with Crippen LogP contribution in [0.2, 0.25) is 0 Å². The van der Waals surface area contributed by atoms with Crippen LogP contribution in [0.15, 0.2) is 23.8 Å². The third-order valence-electron chi connectivity index (χ3n) is 1.38. The van der Waals surface area contributed by atoms with Crippen molar-refractivity contribution < 1.29 is 0 Å². The summed E-state index contributed by atoms with van der Waals surface area (Å²) < 4.78 is 0. The van der Waals surface area contributed by atoms with Gasteiger partial charge in [-0.3, -0.25) is 0 Å². The summed E-state index contributed by atoms with van der Waals surface area (Å²) in [6.07, 6.45) is 7.43. The number of hydrogen-bond acceptors (Lipinski definition) is 1. The molecule has 0 saturated heterocycles. The van der Waals surface area contributed by atoms with Crippen LogP contribution in [0.1, 0.15) is 13.3 Å². The Labute approximate surface area is 55.7 Å². The van der Waals surface area contributed by atoms with Crippen molar-refractivity contribution in [3.8, 4) is 0 Å². The molecule has 0 saturated carbocycles. The highest BCUT2D eigenvalue weighted by Gasteiger charge is 2.03. The van der Waals surface area contributed by atoms with Gasteiger partial charge in [0, 0.05) is 5.25 Å². The van der Waals surface area contributed by atoms with Crippen molar-refractivity contribution in [1.29, 1.82) is 0 Å². The van der Waals surface area contributed by atoms with Crippen LogP contribution in [0.4, 0.5) is 0 Å². The highest BCUT2D eigenvalue weighted by molar-refractivity contribution is 7.81. The summed E-state index contributed by atoms with van der Waals surface area (Å²) in [6, 6.07) is 0. The lowest BCUT2D eigenvalue weighted by atomic mass is 10.1. The van der Waals surface area contributed by atoms with Crippen molar-refractivity contribution in [2.24, 2.45) is 0 Å². The lowest BCUT2D eigenvalue weighted by molar-refractivity contribution is 0.989. The van der Waals surface area contributed by atoms with Gasteiger partial charge >= 0.3 is 0 Å². The van der Waals surface area contributed by atoms with Gasteiger partial charge in [0.1, 0.15) is 0 Å². The second-order valence-electron chi connectivity index (χ2n) is 2.09. The monoisotopic (exact) mass is 126 g/mol. The molecule has 1 aliphatic carbocycles. The van der Waals surface area contributed by atoms with Gasteiger partial charge in [0.25, 0.3) is 0 Å². The Morgan fingerprint density at radius 3 is 2.88 bits per heavy atom. The lowest BCUT2D eigenvalue weighted by Gasteiger charge is -2.10. The summed E-state index contributed by atoms with van der Waals surface area (Å²) in [5.74, 6) is 0. The van der Waals surface area contributed by atoms with Gasteiger partial charge < -0.3 is 0 Å². The second-order valence-corrected chi connectivity index (χ2v) is 2.71. The van der Waals surface area contributed by atoms with E-state index < -0.39 is 0 Å². The quantitative estimate of drug-likeness (QED) is 0.473. The molecule has 44 valence electrons. The van der Waals surface area contributed by atoms with E-state index in [0.29, 0.717) is 5.25 Å². The van der Waals surface area contributed by atoms with Crippen LogP contribution in [0.5, 0.6) is 0 Å². The van der Waals surface area contributed by atoms with Crippen LogP contribution in [-0.4, -0.2) is 5.25 Å². The number of hydrogen-bond donors (Lipinski definition) is 1. The van der Waals surface area contributed by atoms with Crippen LogP contribution in [0.25, 0.3) is 0 Å². The Kier molecular flexibility index (Phi) is 1.79. The molecule has 0 aromatic heterocycles. The molecule has 0 aromatic rings. The molecule has 1 aliphatic rings. The molecular weight excluding hydrogens is 116 g/mol. The van der Waals surface area contributed by atoms with Crippen molar-refractivity contribution in [3.05, 3.63) is 23.8 Å². The van der Waals surface area contributed by atoms with Crippen molar-refractivity contribution in [1.82, 2.24) is 0 Å². The zero-order valence-electron chi connectivity index (χ0n) is 4.96. The molecule has 1 rings (SSSR count). The number of allylic oxidation sites excluding steroid dienone is 3. The third kappa shape index (κ3) is 1.16. The fourth-order valence-corrected chi connectivity index (χ4v) is 0.932. The van der Waals surface area contributed by atoms with Crippen molar-refractivity contribution in [2.45, 2.75) is 18.6 Å². The Hall–Kier alpha value is -0.170. The zero-order chi connectivity index (χ0) is 5.98. The molecular formula is C7H10S. The molecule has 0 amide bonds. The van der Waals surface area contributed by atoms with E-state index in [1.54, 1.807) is 0 Å². The molecule has 0 radical (unpaired) electrons. The van der Waals surface area contributed by atoms with E-state index in [0.717, 1.165) is 6.42 Å². The highest BCUT2D eigenvalue weighted by atomic mass is 32.1. The Balaban J connectivity index is 2.66. The Bertz CT molecular complexity index is 133. The molecule has 0 N–H and O–H groups in total. The fraction of sp³-hybridized carbons (Fsp3) is 0.429. The predicted molar refractivity (Wildman–Crippen MR) is 40.3 cm³/mol.